The Morgan fingerprint density at radius 3 is 1.06 bits per heavy atom. The molecule has 0 aromatic heterocycles. The van der Waals surface area contributed by atoms with Gasteiger partial charge in [-0.05, 0) is 188 Å². The average Bonchev–Trinajstić information content (AvgIpc) is 1.85. The predicted molar refractivity (Wildman–Crippen MR) is 449 cm³/mol. The number of alkyl halides is 1. The molecule has 2 amide bonds. The summed E-state index contributed by atoms with van der Waals surface area (Å²) in [5, 5.41) is 16.9. The Balaban J connectivity index is 0.000000219. The van der Waals surface area contributed by atoms with Crippen LogP contribution in [0.5, 0.6) is 23.0 Å². The van der Waals surface area contributed by atoms with E-state index in [0.29, 0.717) is 102 Å². The number of benzene rings is 6. The van der Waals surface area contributed by atoms with E-state index in [0.717, 1.165) is 113 Å². The number of carbonyl (C=O) groups excluding carboxylic acids is 6. The maximum Gasteiger partial charge on any atom is 0.410 e. The highest BCUT2D eigenvalue weighted by Crippen LogP contribution is 2.28. The number of β-amino-alcohol motifs (C(OH)–C–C–N with tert-alkyl or cyclic N) is 1. The second-order valence-electron chi connectivity index (χ2n) is 31.6. The fourth-order valence-corrected chi connectivity index (χ4v) is 13.3. The standard InChI is InChI=1S/C25H34N2O4.C20H30N2O3.C15H22N2O.C11H13ClO.C10H12O3.C9H18N2O2/c1-19-7-6-8-20(2)23(19)15-21(28)16-26-11-13-27(14-12-26)17-22(29)18-31-25-10-5-4-9-24(25)30-3;1-15-7-6-8-16(2)18(15)13-17(23)14-21-9-11-22(12-10-21)19(24)25-20(3,4)5;1-12-4-3-5-13(2)15(12)10-14(18)11-17-8-6-16-7-9-17;1-8-4-3-5-9(2)11(8)6-10(13)7-12;1-11-9-4-2-3-5-10(9)13-7-8-6-12-8;1-9(2,3)13-8(12)11-6-4-10-5-7-11/h4-10,22,29H,11-18H2,1-3H3;6-8H,9-14H2,1-5H3;3-5,16H,6-11H2,1-2H3;3-5H,6-7H2,1-2H3;2-5,8H,6-7H2,1H3;10H,4-7H2,1-3H3. The van der Waals surface area contributed by atoms with E-state index in [1.165, 1.54) is 50.1 Å². The van der Waals surface area contributed by atoms with Gasteiger partial charge in [-0.1, -0.05) is 97.1 Å². The summed E-state index contributed by atoms with van der Waals surface area (Å²) in [5.41, 5.74) is 13.2. The van der Waals surface area contributed by atoms with Gasteiger partial charge in [0, 0.05) is 137 Å². The Morgan fingerprint density at radius 2 is 0.726 bits per heavy atom. The number of nitrogens with one attached hydrogen (secondary N) is 2. The molecule has 2 unspecified atom stereocenters. The second kappa shape index (κ2) is 48.2. The van der Waals surface area contributed by atoms with Gasteiger partial charge < -0.3 is 58.7 Å². The third-order valence-corrected chi connectivity index (χ3v) is 20.1. The number of aliphatic hydroxyl groups is 1. The minimum Gasteiger partial charge on any atom is -0.493 e. The molecule has 0 spiro atoms. The first-order chi connectivity index (χ1) is 53.8. The molecule has 0 radical (unpaired) electrons. The van der Waals surface area contributed by atoms with Crippen LogP contribution in [-0.2, 0) is 59.1 Å². The van der Waals surface area contributed by atoms with E-state index in [4.69, 9.17) is 44.8 Å². The summed E-state index contributed by atoms with van der Waals surface area (Å²) >= 11 is 5.46. The summed E-state index contributed by atoms with van der Waals surface area (Å²) in [7, 11) is 3.24. The highest BCUT2D eigenvalue weighted by molar-refractivity contribution is 6.27. The van der Waals surface area contributed by atoms with Gasteiger partial charge in [-0.25, -0.2) is 9.59 Å². The lowest BCUT2D eigenvalue weighted by atomic mass is 9.98. The number of piperazine rings is 4. The lowest BCUT2D eigenvalue weighted by Crippen LogP contribution is -2.51. The van der Waals surface area contributed by atoms with Crippen LogP contribution in [0.15, 0.2) is 121 Å². The fourth-order valence-electron chi connectivity index (χ4n) is 13.2. The molecule has 5 fully saturated rings. The van der Waals surface area contributed by atoms with Crippen molar-refractivity contribution in [1.82, 2.24) is 40.0 Å². The van der Waals surface area contributed by atoms with Crippen LogP contribution in [0.2, 0.25) is 0 Å². The molecule has 6 aromatic carbocycles. The van der Waals surface area contributed by atoms with Gasteiger partial charge >= 0.3 is 12.2 Å². The van der Waals surface area contributed by atoms with Crippen molar-refractivity contribution in [3.8, 4) is 23.0 Å². The van der Waals surface area contributed by atoms with Gasteiger partial charge in [0.25, 0.3) is 0 Å². The number of nitrogens with zero attached hydrogens (tertiary/aromatic N) is 6. The van der Waals surface area contributed by atoms with Gasteiger partial charge in [0.1, 0.15) is 36.6 Å². The highest BCUT2D eigenvalue weighted by Gasteiger charge is 2.29. The molecule has 3 N–H and O–H groups in total. The fraction of sp³-hybridized carbons (Fsp3) is 0.533. The van der Waals surface area contributed by atoms with Crippen molar-refractivity contribution in [3.05, 3.63) is 188 Å². The summed E-state index contributed by atoms with van der Waals surface area (Å²) in [6, 6.07) is 39.6. The predicted octanol–water partition coefficient (Wildman–Crippen LogP) is 11.7. The molecule has 5 saturated heterocycles. The molecule has 0 saturated carbocycles. The summed E-state index contributed by atoms with van der Waals surface area (Å²) in [6.45, 7) is 44.5. The molecule has 22 nitrogen and oxygen atoms in total. The zero-order valence-corrected chi connectivity index (χ0v) is 71.1. The third kappa shape index (κ3) is 35.1. The van der Waals surface area contributed by atoms with Crippen LogP contribution in [0.25, 0.3) is 0 Å². The molecule has 0 aliphatic carbocycles. The molecule has 113 heavy (non-hydrogen) atoms. The number of carbonyl (C=O) groups is 6. The Hall–Kier alpha value is -8.29. The van der Waals surface area contributed by atoms with E-state index < -0.39 is 11.7 Å². The van der Waals surface area contributed by atoms with E-state index in [2.05, 4.69) is 114 Å². The number of para-hydroxylation sites is 4. The minimum absolute atomic E-state index is 0.0825. The average molecular weight is 1580 g/mol. The van der Waals surface area contributed by atoms with Crippen LogP contribution in [0, 0.1) is 55.4 Å². The maximum atomic E-state index is 12.6. The van der Waals surface area contributed by atoms with Crippen LogP contribution in [0.1, 0.15) is 108 Å². The van der Waals surface area contributed by atoms with Crippen LogP contribution >= 0.6 is 11.6 Å². The quantitative estimate of drug-likeness (QED) is 0.0357. The van der Waals surface area contributed by atoms with Crippen LogP contribution in [0.3, 0.4) is 0 Å². The zero-order chi connectivity index (χ0) is 82.6. The topological polar surface area (TPSA) is 234 Å². The molecule has 0 bridgehead atoms. The van der Waals surface area contributed by atoms with E-state index >= 15 is 0 Å². The molecular formula is C90H129ClN8O14. The van der Waals surface area contributed by atoms with Crippen molar-refractivity contribution in [1.29, 1.82) is 0 Å². The number of methoxy groups -OCH3 is 2. The molecule has 11 rings (SSSR count). The van der Waals surface area contributed by atoms with Gasteiger partial charge in [-0.2, -0.15) is 0 Å². The number of hydrogen-bond donors (Lipinski definition) is 3. The number of aryl methyl sites for hydroxylation is 8. The van der Waals surface area contributed by atoms with Gasteiger partial charge in [-0.3, -0.25) is 38.8 Å². The lowest BCUT2D eigenvalue weighted by molar-refractivity contribution is -0.120. The van der Waals surface area contributed by atoms with Crippen molar-refractivity contribution in [2.24, 2.45) is 0 Å². The van der Waals surface area contributed by atoms with Gasteiger partial charge in [0.15, 0.2) is 46.1 Å². The largest absolute Gasteiger partial charge is 0.493 e. The van der Waals surface area contributed by atoms with Crippen LogP contribution in [-0.4, -0.2) is 264 Å². The number of epoxide rings is 1. The summed E-state index contributed by atoms with van der Waals surface area (Å²) < 4.78 is 37.3. The number of hydrogen-bond acceptors (Lipinski definition) is 20. The Morgan fingerprint density at radius 1 is 0.425 bits per heavy atom. The molecule has 23 heteroatoms. The summed E-state index contributed by atoms with van der Waals surface area (Å²) in [6.07, 6.45) is 1.24. The van der Waals surface area contributed by atoms with E-state index in [9.17, 15) is 33.9 Å². The van der Waals surface area contributed by atoms with Crippen LogP contribution < -0.4 is 29.6 Å². The molecular weight excluding hydrogens is 1450 g/mol. The molecule has 6 aromatic rings. The summed E-state index contributed by atoms with van der Waals surface area (Å²) in [5.74, 6) is 3.84. The minimum atomic E-state index is -0.581. The molecule has 620 valence electrons. The normalized spacial score (nSPS) is 16.2. The first kappa shape index (κ1) is 93.6. The molecule has 5 aliphatic rings. The number of ketones is 4. The number of Topliss-reactive ketones (excluding diaryl/α,β-unsaturated/α-hetero) is 4. The highest BCUT2D eigenvalue weighted by atomic mass is 35.5. The lowest BCUT2D eigenvalue weighted by Gasteiger charge is -2.35. The van der Waals surface area contributed by atoms with E-state index in [1.807, 2.05) is 134 Å². The van der Waals surface area contributed by atoms with Gasteiger partial charge in [0.2, 0.25) is 0 Å². The van der Waals surface area contributed by atoms with Crippen molar-refractivity contribution >= 4 is 46.9 Å². The zero-order valence-electron chi connectivity index (χ0n) is 70.3. The monoisotopic (exact) mass is 1580 g/mol. The molecule has 2 atom stereocenters. The van der Waals surface area contributed by atoms with Crippen molar-refractivity contribution in [3.63, 3.8) is 0 Å². The Labute approximate surface area is 678 Å². The van der Waals surface area contributed by atoms with Crippen molar-refractivity contribution in [2.75, 3.05) is 171 Å². The molecule has 5 aliphatic heterocycles. The van der Waals surface area contributed by atoms with E-state index in [-0.39, 0.29) is 53.7 Å². The van der Waals surface area contributed by atoms with Gasteiger partial charge in [-0.15, -0.1) is 11.6 Å². The third-order valence-electron chi connectivity index (χ3n) is 19.8. The van der Waals surface area contributed by atoms with Gasteiger partial charge in [0.05, 0.1) is 46.3 Å². The van der Waals surface area contributed by atoms with Crippen LogP contribution in [0.4, 0.5) is 9.59 Å². The smallest absolute Gasteiger partial charge is 0.410 e. The first-order valence-electron chi connectivity index (χ1n) is 39.7. The van der Waals surface area contributed by atoms with E-state index in [1.54, 1.807) is 24.0 Å². The second-order valence-corrected chi connectivity index (χ2v) is 31.8. The summed E-state index contributed by atoms with van der Waals surface area (Å²) in [4.78, 5) is 84.1. The van der Waals surface area contributed by atoms with Crippen molar-refractivity contribution in [2.45, 2.75) is 146 Å². The number of halogens is 1. The molecule has 5 heterocycles. The number of amides is 2. The Bertz CT molecular complexity index is 3860. The number of aliphatic hydroxyl groups excluding tert-OH is 1. The van der Waals surface area contributed by atoms with Crippen molar-refractivity contribution < 1.29 is 67.0 Å². The number of ether oxygens (including phenoxy) is 7. The SMILES string of the molecule is CC(C)(C)OC(=O)N1CCNCC1.COc1ccccc1OCC(O)CN1CCN(CC(=O)Cc2c(C)cccc2C)CC1.COc1ccccc1OCC1CO1.Cc1cccc(C)c1CC(=O)CCl.Cc1cccc(C)c1CC(=O)CN1CCN(C(=O)OC(C)(C)C)CC1.Cc1cccc(C)c1CC(=O)CN1CCNCC1. The maximum absolute atomic E-state index is 12.6. The Kier molecular flexibility index (Phi) is 39.9. The first-order valence-corrected chi connectivity index (χ1v) is 40.3. The number of rotatable bonds is 25.